The van der Waals surface area contributed by atoms with Crippen molar-refractivity contribution >= 4 is 12.1 Å². The molecule has 1 unspecified atom stereocenters. The molecule has 1 fully saturated rings. The van der Waals surface area contributed by atoms with Gasteiger partial charge >= 0.3 is 12.1 Å². The van der Waals surface area contributed by atoms with Crippen molar-refractivity contribution in [3.63, 3.8) is 0 Å². The van der Waals surface area contributed by atoms with Gasteiger partial charge in [-0.15, -0.1) is 6.58 Å². The fourth-order valence-electron chi connectivity index (χ4n) is 2.01. The molecule has 0 aromatic heterocycles. The van der Waals surface area contributed by atoms with E-state index >= 15 is 0 Å². The second-order valence-corrected chi connectivity index (χ2v) is 5.31. The third-order valence-corrected chi connectivity index (χ3v) is 2.78. The lowest BCUT2D eigenvalue weighted by atomic mass is 10.2. The van der Waals surface area contributed by atoms with Crippen molar-refractivity contribution in [3.05, 3.63) is 12.7 Å². The number of hydrogen-bond donors (Lipinski definition) is 0. The zero-order chi connectivity index (χ0) is 13.9. The molecule has 0 spiro atoms. The van der Waals surface area contributed by atoms with E-state index in [-0.39, 0.29) is 6.04 Å². The Hall–Kier alpha value is -1.52. The average molecular weight is 255 g/mol. The minimum absolute atomic E-state index is 0.177. The Morgan fingerprint density at radius 3 is 2.39 bits per heavy atom. The number of methoxy groups -OCH3 is 1. The lowest BCUT2D eigenvalue weighted by Gasteiger charge is -2.30. The largest absolute Gasteiger partial charge is 0.467 e. The Labute approximate surface area is 108 Å². The maximum atomic E-state index is 12.1. The van der Waals surface area contributed by atoms with E-state index in [1.807, 2.05) is 0 Å². The molecule has 1 heterocycles. The molecule has 1 saturated heterocycles. The lowest BCUT2D eigenvalue weighted by Crippen LogP contribution is -2.47. The van der Waals surface area contributed by atoms with Crippen molar-refractivity contribution < 1.29 is 19.1 Å². The van der Waals surface area contributed by atoms with Crippen LogP contribution in [0.3, 0.4) is 0 Å². The molecular formula is C13H21NO4. The number of rotatable bonds is 2. The highest BCUT2D eigenvalue weighted by atomic mass is 16.6. The van der Waals surface area contributed by atoms with Gasteiger partial charge in [-0.3, -0.25) is 4.90 Å². The summed E-state index contributed by atoms with van der Waals surface area (Å²) in [5, 5.41) is 0. The first-order valence-corrected chi connectivity index (χ1v) is 6.02. The number of esters is 1. The van der Waals surface area contributed by atoms with Crippen LogP contribution in [-0.4, -0.2) is 41.8 Å². The van der Waals surface area contributed by atoms with Gasteiger partial charge in [-0.2, -0.15) is 0 Å². The van der Waals surface area contributed by atoms with Gasteiger partial charge in [0, 0.05) is 0 Å². The van der Waals surface area contributed by atoms with E-state index in [0.717, 1.165) is 0 Å². The van der Waals surface area contributed by atoms with Crippen LogP contribution in [0.2, 0.25) is 0 Å². The predicted octanol–water partition coefficient (Wildman–Crippen LogP) is 2.11. The summed E-state index contributed by atoms with van der Waals surface area (Å²) in [6, 6.07) is -0.753. The summed E-state index contributed by atoms with van der Waals surface area (Å²) >= 11 is 0. The number of carbonyl (C=O) groups is 2. The zero-order valence-electron chi connectivity index (χ0n) is 11.4. The molecule has 5 nitrogen and oxygen atoms in total. The van der Waals surface area contributed by atoms with E-state index in [0.29, 0.717) is 12.8 Å². The Balaban J connectivity index is 2.87. The first-order valence-electron chi connectivity index (χ1n) is 6.02. The van der Waals surface area contributed by atoms with Crippen LogP contribution in [0, 0.1) is 0 Å². The fraction of sp³-hybridized carbons (Fsp3) is 0.692. The van der Waals surface area contributed by atoms with E-state index < -0.39 is 23.7 Å². The smallest absolute Gasteiger partial charge is 0.411 e. The van der Waals surface area contributed by atoms with Crippen LogP contribution >= 0.6 is 0 Å². The van der Waals surface area contributed by atoms with Crippen LogP contribution in [0.15, 0.2) is 12.7 Å². The number of nitrogens with zero attached hydrogens (tertiary/aromatic N) is 1. The Bertz CT molecular complexity index is 345. The number of likely N-dealkylation sites (tertiary alicyclic amines) is 1. The maximum absolute atomic E-state index is 12.1. The fourth-order valence-corrected chi connectivity index (χ4v) is 2.01. The van der Waals surface area contributed by atoms with Gasteiger partial charge in [0.1, 0.15) is 11.6 Å². The molecule has 0 radical (unpaired) electrons. The van der Waals surface area contributed by atoms with Crippen molar-refractivity contribution in [1.29, 1.82) is 0 Å². The van der Waals surface area contributed by atoms with Gasteiger partial charge in [0.15, 0.2) is 0 Å². The monoisotopic (exact) mass is 255 g/mol. The van der Waals surface area contributed by atoms with Crippen LogP contribution in [0.4, 0.5) is 4.79 Å². The minimum Gasteiger partial charge on any atom is -0.467 e. The highest BCUT2D eigenvalue weighted by Crippen LogP contribution is 2.27. The summed E-state index contributed by atoms with van der Waals surface area (Å²) in [4.78, 5) is 25.2. The molecule has 0 aliphatic carbocycles. The van der Waals surface area contributed by atoms with E-state index in [2.05, 4.69) is 6.58 Å². The molecule has 1 aliphatic rings. The van der Waals surface area contributed by atoms with Gasteiger partial charge in [-0.25, -0.2) is 9.59 Å². The van der Waals surface area contributed by atoms with Crippen LogP contribution in [-0.2, 0) is 14.3 Å². The molecule has 1 rings (SSSR count). The lowest BCUT2D eigenvalue weighted by molar-refractivity contribution is -0.146. The summed E-state index contributed by atoms with van der Waals surface area (Å²) < 4.78 is 10.0. The van der Waals surface area contributed by atoms with Crippen molar-refractivity contribution in [2.75, 3.05) is 7.11 Å². The van der Waals surface area contributed by atoms with Crippen molar-refractivity contribution in [2.24, 2.45) is 0 Å². The summed E-state index contributed by atoms with van der Waals surface area (Å²) in [7, 11) is 1.32. The molecule has 18 heavy (non-hydrogen) atoms. The van der Waals surface area contributed by atoms with Gasteiger partial charge < -0.3 is 9.47 Å². The predicted molar refractivity (Wildman–Crippen MR) is 67.1 cm³/mol. The van der Waals surface area contributed by atoms with Gasteiger partial charge in [-0.1, -0.05) is 6.08 Å². The second kappa shape index (κ2) is 5.42. The average Bonchev–Trinajstić information content (AvgIpc) is 2.69. The van der Waals surface area contributed by atoms with Gasteiger partial charge in [0.25, 0.3) is 0 Å². The summed E-state index contributed by atoms with van der Waals surface area (Å²) in [5.74, 6) is -0.412. The van der Waals surface area contributed by atoms with Crippen LogP contribution in [0.25, 0.3) is 0 Å². The zero-order valence-corrected chi connectivity index (χ0v) is 11.4. The minimum atomic E-state index is -0.591. The molecule has 102 valence electrons. The third-order valence-electron chi connectivity index (χ3n) is 2.78. The van der Waals surface area contributed by atoms with Crippen molar-refractivity contribution in [3.8, 4) is 0 Å². The molecule has 5 heteroatoms. The quantitative estimate of drug-likeness (QED) is 0.560. The maximum Gasteiger partial charge on any atom is 0.411 e. The second-order valence-electron chi connectivity index (χ2n) is 5.31. The van der Waals surface area contributed by atoms with Crippen LogP contribution in [0.5, 0.6) is 0 Å². The first kappa shape index (κ1) is 14.5. The Morgan fingerprint density at radius 2 is 1.94 bits per heavy atom. The van der Waals surface area contributed by atoms with Crippen LogP contribution in [0.1, 0.15) is 33.6 Å². The topological polar surface area (TPSA) is 55.8 Å². The summed E-state index contributed by atoms with van der Waals surface area (Å²) in [5.41, 5.74) is -0.591. The number of amides is 1. The van der Waals surface area contributed by atoms with Crippen molar-refractivity contribution in [1.82, 2.24) is 4.90 Å². The van der Waals surface area contributed by atoms with Gasteiger partial charge in [0.2, 0.25) is 0 Å². The van der Waals surface area contributed by atoms with Crippen molar-refractivity contribution in [2.45, 2.75) is 51.3 Å². The SMILES string of the molecule is C=CC1CC[C@@H](C(=O)OC)N1C(=O)OC(C)(C)C. The molecule has 1 aliphatic heterocycles. The molecule has 0 saturated carbocycles. The molecule has 0 aromatic rings. The Morgan fingerprint density at radius 1 is 1.33 bits per heavy atom. The van der Waals surface area contributed by atoms with E-state index in [9.17, 15) is 9.59 Å². The highest BCUT2D eigenvalue weighted by molar-refractivity contribution is 5.82. The standard InChI is InChI=1S/C13H21NO4/c1-6-9-7-8-10(11(15)17-5)14(9)12(16)18-13(2,3)4/h6,9-10H,1,7-8H2,2-5H3/t9?,10-/m0/s1. The van der Waals surface area contributed by atoms with Gasteiger partial charge in [0.05, 0.1) is 13.2 Å². The molecule has 2 atom stereocenters. The summed E-state index contributed by atoms with van der Waals surface area (Å²) in [6.07, 6.45) is 2.43. The van der Waals surface area contributed by atoms with Gasteiger partial charge in [-0.05, 0) is 33.6 Å². The number of hydrogen-bond acceptors (Lipinski definition) is 4. The highest BCUT2D eigenvalue weighted by Gasteiger charge is 2.42. The summed E-state index contributed by atoms with van der Waals surface area (Å²) in [6.45, 7) is 9.06. The molecule has 0 N–H and O–H groups in total. The first-order chi connectivity index (χ1) is 8.30. The third kappa shape index (κ3) is 3.24. The van der Waals surface area contributed by atoms with E-state index in [1.165, 1.54) is 12.0 Å². The van der Waals surface area contributed by atoms with Crippen LogP contribution < -0.4 is 0 Å². The van der Waals surface area contributed by atoms with E-state index in [4.69, 9.17) is 9.47 Å². The molecule has 1 amide bonds. The number of carbonyl (C=O) groups excluding carboxylic acids is 2. The molecule has 0 bridgehead atoms. The number of ether oxygens (including phenoxy) is 2. The Kier molecular flexibility index (Phi) is 4.38. The molecule has 0 aromatic carbocycles. The normalized spacial score (nSPS) is 23.7. The molecular weight excluding hydrogens is 234 g/mol. The van der Waals surface area contributed by atoms with E-state index in [1.54, 1.807) is 26.8 Å².